The Morgan fingerprint density at radius 3 is 2.61 bits per heavy atom. The van der Waals surface area contributed by atoms with E-state index in [2.05, 4.69) is 0 Å². The number of hydrogen-bond acceptors (Lipinski definition) is 4. The van der Waals surface area contributed by atoms with Gasteiger partial charge in [0.25, 0.3) is 5.91 Å². The second-order valence-corrected chi connectivity index (χ2v) is 8.53. The summed E-state index contributed by atoms with van der Waals surface area (Å²) in [6, 6.07) is 14.1. The molecule has 1 atom stereocenters. The fourth-order valence-electron chi connectivity index (χ4n) is 4.61. The normalized spacial score (nSPS) is 19.2. The van der Waals surface area contributed by atoms with Gasteiger partial charge in [0, 0.05) is 18.0 Å². The van der Waals surface area contributed by atoms with E-state index in [1.165, 1.54) is 4.90 Å². The number of hydrogen-bond donors (Lipinski definition) is 1. The Hall–Kier alpha value is -2.67. The highest BCUT2D eigenvalue weighted by Gasteiger charge is 2.42. The molecule has 1 N–H and O–H groups in total. The summed E-state index contributed by atoms with van der Waals surface area (Å²) in [5.74, 6) is -0.0813. The molecule has 1 fully saturated rings. The number of benzene rings is 2. The quantitative estimate of drug-likeness (QED) is 0.662. The zero-order chi connectivity index (χ0) is 21.4. The van der Waals surface area contributed by atoms with Gasteiger partial charge in [-0.3, -0.25) is 9.59 Å². The van der Waals surface area contributed by atoms with E-state index in [0.717, 1.165) is 44.8 Å². The molecule has 160 valence electrons. The van der Waals surface area contributed by atoms with Crippen molar-refractivity contribution in [1.82, 2.24) is 4.90 Å². The van der Waals surface area contributed by atoms with Crippen molar-refractivity contribution in [3.63, 3.8) is 0 Å². The van der Waals surface area contributed by atoms with Gasteiger partial charge in [-0.2, -0.15) is 0 Å². The maximum atomic E-state index is 13.5. The summed E-state index contributed by atoms with van der Waals surface area (Å²) in [6.07, 6.45) is 0.845. The van der Waals surface area contributed by atoms with Crippen molar-refractivity contribution in [2.24, 2.45) is 0 Å². The first-order valence-electron chi connectivity index (χ1n) is 10.7. The third kappa shape index (κ3) is 3.76. The van der Waals surface area contributed by atoms with Crippen LogP contribution in [0.15, 0.2) is 57.7 Å². The molecule has 0 bridgehead atoms. The second kappa shape index (κ2) is 8.46. The van der Waals surface area contributed by atoms with Crippen LogP contribution in [0.3, 0.4) is 0 Å². The maximum absolute atomic E-state index is 13.5. The van der Waals surface area contributed by atoms with Crippen LogP contribution < -0.4 is 10.3 Å². The summed E-state index contributed by atoms with van der Waals surface area (Å²) in [7, 11) is 0. The molecule has 0 spiro atoms. The van der Waals surface area contributed by atoms with Crippen LogP contribution in [-0.4, -0.2) is 50.2 Å². The lowest BCUT2D eigenvalue weighted by atomic mass is 9.98. The molecule has 1 aromatic heterocycles. The third-order valence-electron chi connectivity index (χ3n) is 6.17. The van der Waals surface area contributed by atoms with Crippen molar-refractivity contribution in [3.8, 4) is 0 Å². The Morgan fingerprint density at radius 1 is 1.06 bits per heavy atom. The molecule has 6 nitrogen and oxygen atoms in total. The average Bonchev–Trinajstić information content (AvgIpc) is 3.08. The molecule has 5 rings (SSSR count). The van der Waals surface area contributed by atoms with E-state index in [4.69, 9.17) is 20.8 Å². The van der Waals surface area contributed by atoms with Crippen LogP contribution in [0.1, 0.15) is 34.1 Å². The summed E-state index contributed by atoms with van der Waals surface area (Å²) in [6.45, 7) is 5.06. The lowest BCUT2D eigenvalue weighted by molar-refractivity contribution is -0.908. The second-order valence-electron chi connectivity index (χ2n) is 8.09. The monoisotopic (exact) mass is 439 g/mol. The highest BCUT2D eigenvalue weighted by Crippen LogP contribution is 2.38. The Kier molecular flexibility index (Phi) is 5.52. The smallest absolute Gasteiger partial charge is 0.290 e. The van der Waals surface area contributed by atoms with Crippen molar-refractivity contribution in [3.05, 3.63) is 80.7 Å². The summed E-state index contributed by atoms with van der Waals surface area (Å²) in [5, 5.41) is 0.866. The van der Waals surface area contributed by atoms with E-state index in [-0.39, 0.29) is 17.1 Å². The van der Waals surface area contributed by atoms with Crippen LogP contribution in [0.2, 0.25) is 5.02 Å². The van der Waals surface area contributed by atoms with E-state index in [1.807, 2.05) is 30.3 Å². The number of carbonyl (C=O) groups excluding carboxylic acids is 1. The molecule has 2 aliphatic heterocycles. The van der Waals surface area contributed by atoms with Gasteiger partial charge in [-0.25, -0.2) is 0 Å². The van der Waals surface area contributed by atoms with Gasteiger partial charge in [0.2, 0.25) is 5.76 Å². The molecule has 2 aromatic carbocycles. The standard InChI is InChI=1S/C24H23ClN2O4/c25-17-7-8-19-18(15-17)22(28)20-21(16-5-2-1-3-6-16)27(24(29)23(20)31-19)10-4-9-26-11-13-30-14-12-26/h1-3,5-8,15,21H,4,9-14H2/p+1. The van der Waals surface area contributed by atoms with Gasteiger partial charge in [-0.15, -0.1) is 0 Å². The minimum Gasteiger partial charge on any atom is -0.450 e. The van der Waals surface area contributed by atoms with Crippen molar-refractivity contribution in [2.75, 3.05) is 39.4 Å². The highest BCUT2D eigenvalue weighted by molar-refractivity contribution is 6.31. The summed E-state index contributed by atoms with van der Waals surface area (Å²) < 4.78 is 11.4. The first-order valence-corrected chi connectivity index (χ1v) is 11.0. The van der Waals surface area contributed by atoms with Gasteiger partial charge in [0.1, 0.15) is 18.7 Å². The molecule has 0 aliphatic carbocycles. The largest absolute Gasteiger partial charge is 0.450 e. The Morgan fingerprint density at radius 2 is 1.84 bits per heavy atom. The molecule has 3 aromatic rings. The summed E-state index contributed by atoms with van der Waals surface area (Å²) in [4.78, 5) is 30.1. The lowest BCUT2D eigenvalue weighted by Crippen LogP contribution is -3.14. The minimum absolute atomic E-state index is 0.146. The summed E-state index contributed by atoms with van der Waals surface area (Å²) in [5.41, 5.74) is 1.50. The van der Waals surface area contributed by atoms with Gasteiger partial charge < -0.3 is 19.0 Å². The number of amides is 1. The van der Waals surface area contributed by atoms with Gasteiger partial charge in [-0.1, -0.05) is 41.9 Å². The Labute approximate surface area is 185 Å². The molecule has 1 unspecified atom stereocenters. The Bertz CT molecular complexity index is 1170. The number of morpholine rings is 1. The molecule has 0 saturated carbocycles. The number of ether oxygens (including phenoxy) is 1. The molecular weight excluding hydrogens is 416 g/mol. The number of fused-ring (bicyclic) bond motifs is 2. The number of halogens is 1. The van der Waals surface area contributed by atoms with Crippen LogP contribution >= 0.6 is 11.6 Å². The minimum atomic E-state index is -0.456. The summed E-state index contributed by atoms with van der Waals surface area (Å²) >= 11 is 6.13. The van der Waals surface area contributed by atoms with E-state index in [9.17, 15) is 9.59 Å². The van der Waals surface area contributed by atoms with Crippen molar-refractivity contribution >= 4 is 28.5 Å². The molecule has 1 saturated heterocycles. The topological polar surface area (TPSA) is 64.2 Å². The van der Waals surface area contributed by atoms with Crippen LogP contribution in [0.25, 0.3) is 11.0 Å². The predicted octanol–water partition coefficient (Wildman–Crippen LogP) is 2.30. The molecule has 3 heterocycles. The number of rotatable bonds is 5. The van der Waals surface area contributed by atoms with Crippen molar-refractivity contribution < 1.29 is 18.8 Å². The first-order chi connectivity index (χ1) is 15.1. The van der Waals surface area contributed by atoms with E-state index in [1.54, 1.807) is 23.1 Å². The fourth-order valence-corrected chi connectivity index (χ4v) is 4.79. The highest BCUT2D eigenvalue weighted by atomic mass is 35.5. The van der Waals surface area contributed by atoms with E-state index < -0.39 is 6.04 Å². The number of carbonyl (C=O) groups is 1. The van der Waals surface area contributed by atoms with Crippen molar-refractivity contribution in [1.29, 1.82) is 0 Å². The number of nitrogens with zero attached hydrogens (tertiary/aromatic N) is 1. The molecular formula is C24H24ClN2O4+. The van der Waals surface area contributed by atoms with Gasteiger partial charge in [0.05, 0.1) is 36.8 Å². The van der Waals surface area contributed by atoms with Gasteiger partial charge in [-0.05, 0) is 23.8 Å². The average molecular weight is 440 g/mol. The fraction of sp³-hybridized carbons (Fsp3) is 0.333. The van der Waals surface area contributed by atoms with E-state index in [0.29, 0.717) is 28.1 Å². The predicted molar refractivity (Wildman–Crippen MR) is 118 cm³/mol. The first kappa shape index (κ1) is 20.2. The lowest BCUT2D eigenvalue weighted by Gasteiger charge is -2.27. The van der Waals surface area contributed by atoms with E-state index >= 15 is 0 Å². The van der Waals surface area contributed by atoms with Gasteiger partial charge >= 0.3 is 0 Å². The zero-order valence-corrected chi connectivity index (χ0v) is 17.9. The van der Waals surface area contributed by atoms with Crippen LogP contribution in [0, 0.1) is 0 Å². The van der Waals surface area contributed by atoms with Crippen molar-refractivity contribution in [2.45, 2.75) is 12.5 Å². The van der Waals surface area contributed by atoms with Crippen LogP contribution in [0.5, 0.6) is 0 Å². The molecule has 31 heavy (non-hydrogen) atoms. The van der Waals surface area contributed by atoms with Gasteiger partial charge in [0.15, 0.2) is 5.43 Å². The van der Waals surface area contributed by atoms with Crippen LogP contribution in [0.4, 0.5) is 0 Å². The molecule has 7 heteroatoms. The van der Waals surface area contributed by atoms with Crippen LogP contribution in [-0.2, 0) is 4.74 Å². The maximum Gasteiger partial charge on any atom is 0.290 e. The number of nitrogens with one attached hydrogen (secondary N) is 1. The zero-order valence-electron chi connectivity index (χ0n) is 17.1. The molecule has 0 radical (unpaired) electrons. The Balaban J connectivity index is 1.52. The molecule has 1 amide bonds. The SMILES string of the molecule is O=C1c2oc3ccc(Cl)cc3c(=O)c2C(c2ccccc2)N1CCC[NH+]1CCOCC1. The molecule has 2 aliphatic rings. The third-order valence-corrected chi connectivity index (χ3v) is 6.41. The number of quaternary nitrogens is 1.